The van der Waals surface area contributed by atoms with E-state index in [1.807, 2.05) is 12.2 Å². The average Bonchev–Trinajstić information content (AvgIpc) is 2.94. The second kappa shape index (κ2) is 8.78. The number of amides is 3. The highest BCUT2D eigenvalue weighted by molar-refractivity contribution is 6.31. The Hall–Kier alpha value is -2.67. The third-order valence-electron chi connectivity index (χ3n) is 5.34. The van der Waals surface area contributed by atoms with Crippen molar-refractivity contribution in [1.29, 1.82) is 0 Å². The monoisotopic (exact) mass is 418 g/mol. The molecule has 0 unspecified atom stereocenters. The van der Waals surface area contributed by atoms with Gasteiger partial charge in [0.2, 0.25) is 11.8 Å². The number of likely N-dealkylation sites (tertiary alicyclic amines) is 1. The van der Waals surface area contributed by atoms with Crippen molar-refractivity contribution in [3.8, 4) is 0 Å². The van der Waals surface area contributed by atoms with Crippen molar-refractivity contribution in [3.63, 3.8) is 0 Å². The van der Waals surface area contributed by atoms with E-state index >= 15 is 0 Å². The number of rotatable bonds is 6. The van der Waals surface area contributed by atoms with Crippen molar-refractivity contribution >= 4 is 41.0 Å². The van der Waals surface area contributed by atoms with Crippen molar-refractivity contribution in [2.75, 3.05) is 11.9 Å². The second-order valence-electron chi connectivity index (χ2n) is 7.27. The molecule has 1 saturated heterocycles. The van der Waals surface area contributed by atoms with Gasteiger partial charge in [-0.15, -0.1) is 0 Å². The molecule has 7 nitrogen and oxygen atoms in total. The van der Waals surface area contributed by atoms with Gasteiger partial charge >= 0.3 is 5.97 Å². The zero-order valence-corrected chi connectivity index (χ0v) is 17.1. The summed E-state index contributed by atoms with van der Waals surface area (Å²) in [5.41, 5.74) is 1.25. The number of benzene rings is 1. The zero-order valence-electron chi connectivity index (χ0n) is 16.3. The quantitative estimate of drug-likeness (QED) is 0.435. The van der Waals surface area contributed by atoms with Gasteiger partial charge in [0.1, 0.15) is 0 Å². The number of carbonyl (C=O) groups excluding carboxylic acids is 4. The molecule has 1 aromatic carbocycles. The maximum absolute atomic E-state index is 12.4. The van der Waals surface area contributed by atoms with E-state index in [1.165, 1.54) is 6.92 Å². The van der Waals surface area contributed by atoms with Crippen LogP contribution in [0, 0.1) is 18.8 Å². The third-order valence-corrected chi connectivity index (χ3v) is 5.75. The minimum absolute atomic E-state index is 0.0365. The summed E-state index contributed by atoms with van der Waals surface area (Å²) in [7, 11) is 0. The topological polar surface area (TPSA) is 92.8 Å². The minimum atomic E-state index is -1.03. The SMILES string of the molecule is Cc1c(Cl)cccc1NC(=O)[C@H](C)OC(=O)CCN1C(=O)[C@H]2CC=CC[C@@H]2C1=O. The van der Waals surface area contributed by atoms with Gasteiger partial charge in [-0.25, -0.2) is 0 Å². The zero-order chi connectivity index (χ0) is 21.1. The lowest BCUT2D eigenvalue weighted by Crippen LogP contribution is -2.35. The Morgan fingerprint density at radius 2 is 1.83 bits per heavy atom. The Morgan fingerprint density at radius 3 is 2.45 bits per heavy atom. The van der Waals surface area contributed by atoms with Gasteiger partial charge in [0.15, 0.2) is 6.10 Å². The average molecular weight is 419 g/mol. The summed E-state index contributed by atoms with van der Waals surface area (Å²) in [6, 6.07) is 5.12. The molecule has 0 aromatic heterocycles. The Balaban J connectivity index is 1.50. The van der Waals surface area contributed by atoms with Crippen LogP contribution in [0.2, 0.25) is 5.02 Å². The Kier molecular flexibility index (Phi) is 6.37. The van der Waals surface area contributed by atoms with Crippen molar-refractivity contribution < 1.29 is 23.9 Å². The highest BCUT2D eigenvalue weighted by Crippen LogP contribution is 2.35. The van der Waals surface area contributed by atoms with Gasteiger partial charge in [0.25, 0.3) is 5.91 Å². The van der Waals surface area contributed by atoms with Crippen molar-refractivity contribution in [2.24, 2.45) is 11.8 Å². The molecule has 0 bridgehead atoms. The lowest BCUT2D eigenvalue weighted by atomic mass is 9.85. The molecule has 0 radical (unpaired) electrons. The van der Waals surface area contributed by atoms with Crippen LogP contribution >= 0.6 is 11.6 Å². The molecule has 1 heterocycles. The molecule has 29 heavy (non-hydrogen) atoms. The molecule has 1 fully saturated rings. The minimum Gasteiger partial charge on any atom is -0.452 e. The summed E-state index contributed by atoms with van der Waals surface area (Å²) in [4.78, 5) is 50.4. The summed E-state index contributed by atoms with van der Waals surface area (Å²) in [6.45, 7) is 3.19. The third kappa shape index (κ3) is 4.50. The molecule has 3 amide bonds. The van der Waals surface area contributed by atoms with Crippen LogP contribution in [0.15, 0.2) is 30.4 Å². The second-order valence-corrected chi connectivity index (χ2v) is 7.67. The number of carbonyl (C=O) groups is 4. The number of hydrogen-bond acceptors (Lipinski definition) is 5. The first-order valence-electron chi connectivity index (χ1n) is 9.55. The Bertz CT molecular complexity index is 856. The summed E-state index contributed by atoms with van der Waals surface area (Å²) in [5, 5.41) is 3.19. The molecular weight excluding hydrogens is 396 g/mol. The molecule has 0 spiro atoms. The summed E-state index contributed by atoms with van der Waals surface area (Å²) < 4.78 is 5.16. The summed E-state index contributed by atoms with van der Waals surface area (Å²) in [6.07, 6.45) is 3.74. The molecule has 3 rings (SSSR count). The van der Waals surface area contributed by atoms with E-state index in [2.05, 4.69) is 5.32 Å². The molecule has 1 N–H and O–H groups in total. The highest BCUT2D eigenvalue weighted by atomic mass is 35.5. The first-order valence-corrected chi connectivity index (χ1v) is 9.93. The lowest BCUT2D eigenvalue weighted by Gasteiger charge is -2.17. The van der Waals surface area contributed by atoms with Crippen molar-refractivity contribution in [1.82, 2.24) is 4.90 Å². The number of anilines is 1. The molecule has 8 heteroatoms. The van der Waals surface area contributed by atoms with Gasteiger partial charge < -0.3 is 10.1 Å². The molecule has 154 valence electrons. The number of nitrogens with zero attached hydrogens (tertiary/aromatic N) is 1. The number of halogens is 1. The predicted octanol–water partition coefficient (Wildman–Crippen LogP) is 2.86. The summed E-state index contributed by atoms with van der Waals surface area (Å²) >= 11 is 6.03. The van der Waals surface area contributed by atoms with Crippen LogP contribution in [0.4, 0.5) is 5.69 Å². The Morgan fingerprint density at radius 1 is 1.21 bits per heavy atom. The smallest absolute Gasteiger partial charge is 0.308 e. The predicted molar refractivity (Wildman–Crippen MR) is 107 cm³/mol. The standard InChI is InChI=1S/C21H23ClN2O5/c1-12-16(22)8-5-9-17(12)23-19(26)13(2)29-18(25)10-11-24-20(27)14-6-3-4-7-15(14)21(24)28/h3-5,8-9,13-15H,6-7,10-11H2,1-2H3,(H,23,26)/t13-,14-,15-/m0/s1. The number of imide groups is 1. The highest BCUT2D eigenvalue weighted by Gasteiger charge is 2.47. The molecule has 1 aromatic rings. The number of fused-ring (bicyclic) bond motifs is 1. The maximum Gasteiger partial charge on any atom is 0.308 e. The fourth-order valence-electron chi connectivity index (χ4n) is 3.58. The fraction of sp³-hybridized carbons (Fsp3) is 0.429. The lowest BCUT2D eigenvalue weighted by molar-refractivity contribution is -0.154. The van der Waals surface area contributed by atoms with Crippen LogP contribution in [0.5, 0.6) is 0 Å². The van der Waals surface area contributed by atoms with E-state index in [-0.39, 0.29) is 36.6 Å². The maximum atomic E-state index is 12.4. The van der Waals surface area contributed by atoms with Gasteiger partial charge in [-0.1, -0.05) is 29.8 Å². The van der Waals surface area contributed by atoms with Gasteiger partial charge in [0.05, 0.1) is 18.3 Å². The molecule has 1 aliphatic carbocycles. The first-order chi connectivity index (χ1) is 13.8. The van der Waals surface area contributed by atoms with E-state index in [0.29, 0.717) is 29.1 Å². The van der Waals surface area contributed by atoms with E-state index in [9.17, 15) is 19.2 Å². The van der Waals surface area contributed by atoms with Crippen LogP contribution in [0.1, 0.15) is 31.7 Å². The van der Waals surface area contributed by atoms with Crippen LogP contribution in [0.25, 0.3) is 0 Å². The molecular formula is C21H23ClN2O5. The van der Waals surface area contributed by atoms with E-state index in [0.717, 1.165) is 4.90 Å². The largest absolute Gasteiger partial charge is 0.452 e. The first kappa shape index (κ1) is 21.0. The van der Waals surface area contributed by atoms with Crippen LogP contribution < -0.4 is 5.32 Å². The van der Waals surface area contributed by atoms with Crippen LogP contribution in [-0.4, -0.2) is 41.2 Å². The van der Waals surface area contributed by atoms with Crippen LogP contribution in [-0.2, 0) is 23.9 Å². The fourth-order valence-corrected chi connectivity index (χ4v) is 3.75. The van der Waals surface area contributed by atoms with Crippen molar-refractivity contribution in [3.05, 3.63) is 40.9 Å². The number of allylic oxidation sites excluding steroid dienone is 2. The Labute approximate surface area is 174 Å². The van der Waals surface area contributed by atoms with Gasteiger partial charge in [0, 0.05) is 17.3 Å². The van der Waals surface area contributed by atoms with Gasteiger partial charge in [-0.05, 0) is 44.4 Å². The van der Waals surface area contributed by atoms with Gasteiger partial charge in [-0.3, -0.25) is 24.1 Å². The molecule has 1 aliphatic heterocycles. The number of hydrogen-bond donors (Lipinski definition) is 1. The number of ether oxygens (including phenoxy) is 1. The van der Waals surface area contributed by atoms with Crippen molar-refractivity contribution in [2.45, 2.75) is 39.2 Å². The normalized spacial score (nSPS) is 21.7. The number of nitrogens with one attached hydrogen (secondary N) is 1. The summed E-state index contributed by atoms with van der Waals surface area (Å²) in [5.74, 6) is -2.26. The molecule has 2 aliphatic rings. The number of esters is 1. The van der Waals surface area contributed by atoms with Gasteiger partial charge in [-0.2, -0.15) is 0 Å². The van der Waals surface area contributed by atoms with Crippen LogP contribution in [0.3, 0.4) is 0 Å². The molecule has 0 saturated carbocycles. The van der Waals surface area contributed by atoms with E-state index in [1.54, 1.807) is 25.1 Å². The molecule has 3 atom stereocenters. The van der Waals surface area contributed by atoms with E-state index in [4.69, 9.17) is 16.3 Å². The van der Waals surface area contributed by atoms with E-state index < -0.39 is 18.0 Å².